The van der Waals surface area contributed by atoms with Crippen LogP contribution in [0.1, 0.15) is 47.3 Å². The molecule has 1 amide bonds. The first kappa shape index (κ1) is 19.9. The first-order valence-corrected chi connectivity index (χ1v) is 11.9. The molecule has 166 valence electrons. The van der Waals surface area contributed by atoms with E-state index in [0.29, 0.717) is 11.6 Å². The lowest BCUT2D eigenvalue weighted by atomic mass is 9.82. The molecule has 32 heavy (non-hydrogen) atoms. The summed E-state index contributed by atoms with van der Waals surface area (Å²) in [6.07, 6.45) is 8.51. The predicted octanol–water partition coefficient (Wildman–Crippen LogP) is 3.73. The van der Waals surface area contributed by atoms with E-state index in [0.717, 1.165) is 64.9 Å². The number of likely N-dealkylation sites (tertiary alicyclic amines) is 2. The Morgan fingerprint density at radius 1 is 1.06 bits per heavy atom. The number of benzene rings is 1. The number of ether oxygens (including phenoxy) is 1. The van der Waals surface area contributed by atoms with E-state index in [9.17, 15) is 4.79 Å². The Balaban J connectivity index is 1.11. The van der Waals surface area contributed by atoms with Crippen molar-refractivity contribution >= 4 is 16.8 Å². The van der Waals surface area contributed by atoms with Crippen molar-refractivity contribution in [3.8, 4) is 0 Å². The number of piperidine rings is 2. The zero-order chi connectivity index (χ0) is 21.5. The van der Waals surface area contributed by atoms with Gasteiger partial charge in [-0.2, -0.15) is 0 Å². The van der Waals surface area contributed by atoms with Gasteiger partial charge in [0.05, 0.1) is 17.9 Å². The highest BCUT2D eigenvalue weighted by Crippen LogP contribution is 2.44. The zero-order valence-electron chi connectivity index (χ0n) is 18.4. The van der Waals surface area contributed by atoms with Gasteiger partial charge < -0.3 is 19.5 Å². The van der Waals surface area contributed by atoms with E-state index >= 15 is 0 Å². The van der Waals surface area contributed by atoms with Crippen LogP contribution in [0.15, 0.2) is 48.8 Å². The van der Waals surface area contributed by atoms with E-state index in [1.807, 2.05) is 17.0 Å². The predicted molar refractivity (Wildman–Crippen MR) is 124 cm³/mol. The molecule has 1 N–H and O–H groups in total. The molecule has 6 rings (SSSR count). The minimum atomic E-state index is -0.167. The van der Waals surface area contributed by atoms with Gasteiger partial charge in [0.2, 0.25) is 0 Å². The average molecular weight is 431 g/mol. The third-order valence-electron chi connectivity index (χ3n) is 7.78. The number of H-pyrrole nitrogens is 1. The molecular weight excluding hydrogens is 400 g/mol. The fourth-order valence-electron chi connectivity index (χ4n) is 6.02. The van der Waals surface area contributed by atoms with Crippen molar-refractivity contribution in [3.63, 3.8) is 0 Å². The van der Waals surface area contributed by atoms with Gasteiger partial charge in [-0.1, -0.05) is 18.2 Å². The number of aromatic nitrogens is 2. The van der Waals surface area contributed by atoms with Crippen LogP contribution in [0.2, 0.25) is 0 Å². The van der Waals surface area contributed by atoms with Crippen LogP contribution in [-0.2, 0) is 16.8 Å². The quantitative estimate of drug-likeness (QED) is 0.673. The second-order valence-electron chi connectivity index (χ2n) is 9.42. The zero-order valence-corrected chi connectivity index (χ0v) is 18.4. The van der Waals surface area contributed by atoms with Gasteiger partial charge in [-0.25, -0.2) is 0 Å². The molecule has 0 atom stereocenters. The van der Waals surface area contributed by atoms with Crippen LogP contribution < -0.4 is 0 Å². The van der Waals surface area contributed by atoms with Gasteiger partial charge in [0, 0.05) is 55.5 Å². The fraction of sp³-hybridized carbons (Fsp3) is 0.462. The molecule has 0 aliphatic carbocycles. The molecule has 6 nitrogen and oxygen atoms in total. The molecule has 3 aromatic rings. The van der Waals surface area contributed by atoms with Crippen LogP contribution in [-0.4, -0.2) is 64.5 Å². The van der Waals surface area contributed by atoms with Crippen molar-refractivity contribution < 1.29 is 9.53 Å². The fourth-order valence-corrected chi connectivity index (χ4v) is 6.02. The maximum absolute atomic E-state index is 12.7. The normalized spacial score (nSPS) is 21.7. The van der Waals surface area contributed by atoms with Crippen molar-refractivity contribution in [2.45, 2.75) is 43.7 Å². The van der Waals surface area contributed by atoms with E-state index in [-0.39, 0.29) is 11.5 Å². The first-order chi connectivity index (χ1) is 15.7. The Morgan fingerprint density at radius 3 is 2.66 bits per heavy atom. The highest BCUT2D eigenvalue weighted by Gasteiger charge is 2.44. The number of carbonyl (C=O) groups excluding carboxylic acids is 1. The molecule has 2 saturated heterocycles. The highest BCUT2D eigenvalue weighted by atomic mass is 16.5. The number of aromatic amines is 1. The third-order valence-corrected chi connectivity index (χ3v) is 7.78. The van der Waals surface area contributed by atoms with Gasteiger partial charge in [0.1, 0.15) is 5.60 Å². The van der Waals surface area contributed by atoms with Crippen molar-refractivity contribution in [1.82, 2.24) is 19.8 Å². The molecule has 1 aromatic carbocycles. The summed E-state index contributed by atoms with van der Waals surface area (Å²) in [4.78, 5) is 25.2. The number of hydrogen-bond acceptors (Lipinski definition) is 4. The van der Waals surface area contributed by atoms with Crippen LogP contribution >= 0.6 is 0 Å². The van der Waals surface area contributed by atoms with Crippen molar-refractivity contribution in [1.29, 1.82) is 0 Å². The molecule has 0 saturated carbocycles. The van der Waals surface area contributed by atoms with Gasteiger partial charge in [-0.15, -0.1) is 0 Å². The molecular formula is C26H30N4O2. The van der Waals surface area contributed by atoms with Gasteiger partial charge in [-0.05, 0) is 55.9 Å². The number of nitrogens with one attached hydrogen (secondary N) is 1. The van der Waals surface area contributed by atoms with Gasteiger partial charge >= 0.3 is 0 Å². The molecule has 1 spiro atoms. The summed E-state index contributed by atoms with van der Waals surface area (Å²) in [6, 6.07) is 12.9. The number of pyridine rings is 1. The van der Waals surface area contributed by atoms with Crippen LogP contribution in [0.25, 0.3) is 10.9 Å². The number of amides is 1. The summed E-state index contributed by atoms with van der Waals surface area (Å²) in [5.41, 5.74) is 4.54. The summed E-state index contributed by atoms with van der Waals surface area (Å²) >= 11 is 0. The number of hydrogen-bond donors (Lipinski definition) is 1. The van der Waals surface area contributed by atoms with E-state index in [2.05, 4.69) is 39.1 Å². The first-order valence-electron chi connectivity index (χ1n) is 11.9. The lowest BCUT2D eigenvalue weighted by Crippen LogP contribution is -2.52. The van der Waals surface area contributed by atoms with Crippen LogP contribution in [0.3, 0.4) is 0 Å². The molecule has 2 fully saturated rings. The van der Waals surface area contributed by atoms with E-state index in [1.54, 1.807) is 12.4 Å². The van der Waals surface area contributed by atoms with Crippen molar-refractivity contribution in [2.24, 2.45) is 0 Å². The number of fused-ring (bicyclic) bond motifs is 4. The number of nitrogens with zero attached hydrogens (tertiary/aromatic N) is 3. The summed E-state index contributed by atoms with van der Waals surface area (Å²) < 4.78 is 6.48. The number of carbonyl (C=O) groups is 1. The van der Waals surface area contributed by atoms with E-state index < -0.39 is 0 Å². The van der Waals surface area contributed by atoms with Gasteiger partial charge in [0.25, 0.3) is 5.91 Å². The number of para-hydroxylation sites is 1. The lowest BCUT2D eigenvalue weighted by Gasteiger charge is -2.47. The van der Waals surface area contributed by atoms with E-state index in [4.69, 9.17) is 4.74 Å². The topological polar surface area (TPSA) is 61.5 Å². The minimum Gasteiger partial charge on any atom is -0.368 e. The maximum atomic E-state index is 12.7. The average Bonchev–Trinajstić information content (AvgIpc) is 3.25. The van der Waals surface area contributed by atoms with Crippen LogP contribution in [0.5, 0.6) is 0 Å². The largest absolute Gasteiger partial charge is 0.368 e. The van der Waals surface area contributed by atoms with Crippen LogP contribution in [0, 0.1) is 0 Å². The summed E-state index contributed by atoms with van der Waals surface area (Å²) in [5.74, 6) is 0.107. The molecule has 0 radical (unpaired) electrons. The summed E-state index contributed by atoms with van der Waals surface area (Å²) in [6.45, 7) is 4.56. The standard InChI is InChI=1S/C26H30N4O2/c31-25(19-4-3-12-27-18-19)30-13-7-20(8-14-30)29-15-10-26(11-16-29)24-22(9-17-32-26)21-5-1-2-6-23(21)28-24/h1-6,12,18,20,28H,7-11,13-17H2. The highest BCUT2D eigenvalue weighted by molar-refractivity contribution is 5.93. The summed E-state index contributed by atoms with van der Waals surface area (Å²) in [7, 11) is 0. The Labute approximate surface area is 188 Å². The molecule has 6 heteroatoms. The molecule has 3 aliphatic rings. The van der Waals surface area contributed by atoms with Crippen molar-refractivity contribution in [3.05, 3.63) is 65.6 Å². The lowest BCUT2D eigenvalue weighted by molar-refractivity contribution is -0.107. The Hall–Kier alpha value is -2.70. The second-order valence-corrected chi connectivity index (χ2v) is 9.42. The summed E-state index contributed by atoms with van der Waals surface area (Å²) in [5, 5.41) is 1.36. The molecule has 3 aliphatic heterocycles. The van der Waals surface area contributed by atoms with Crippen LogP contribution in [0.4, 0.5) is 0 Å². The van der Waals surface area contributed by atoms with Gasteiger partial charge in [-0.3, -0.25) is 9.78 Å². The van der Waals surface area contributed by atoms with E-state index in [1.165, 1.54) is 22.2 Å². The number of rotatable bonds is 2. The molecule has 0 unspecified atom stereocenters. The Morgan fingerprint density at radius 2 is 1.88 bits per heavy atom. The third kappa shape index (κ3) is 3.33. The Kier molecular flexibility index (Phi) is 5.00. The minimum absolute atomic E-state index is 0.107. The maximum Gasteiger partial charge on any atom is 0.255 e. The van der Waals surface area contributed by atoms with Gasteiger partial charge in [0.15, 0.2) is 0 Å². The second kappa shape index (κ2) is 8.01. The molecule has 5 heterocycles. The van der Waals surface area contributed by atoms with Crippen molar-refractivity contribution in [2.75, 3.05) is 32.8 Å². The Bertz CT molecular complexity index is 1110. The monoisotopic (exact) mass is 430 g/mol. The SMILES string of the molecule is O=C(c1cccnc1)N1CCC(N2CCC3(CC2)OCCc2c3[nH]c3ccccc23)CC1. The molecule has 2 aromatic heterocycles. The molecule has 0 bridgehead atoms. The smallest absolute Gasteiger partial charge is 0.255 e.